The van der Waals surface area contributed by atoms with E-state index in [1.807, 2.05) is 0 Å². The molecule has 1 aliphatic rings. The molecular formula is C8H11ClN4O. The van der Waals surface area contributed by atoms with Gasteiger partial charge >= 0.3 is 0 Å². The number of hydrogen-bond donors (Lipinski definition) is 2. The van der Waals surface area contributed by atoms with Gasteiger partial charge in [-0.2, -0.15) is 0 Å². The van der Waals surface area contributed by atoms with Crippen molar-refractivity contribution in [2.24, 2.45) is 0 Å². The Morgan fingerprint density at radius 2 is 2.07 bits per heavy atom. The lowest BCUT2D eigenvalue weighted by molar-refractivity contribution is 0.0913. The minimum atomic E-state index is -0.202. The van der Waals surface area contributed by atoms with Crippen molar-refractivity contribution in [3.8, 4) is 0 Å². The van der Waals surface area contributed by atoms with Crippen LogP contribution in [0.3, 0.4) is 0 Å². The van der Waals surface area contributed by atoms with Crippen LogP contribution in [0.15, 0.2) is 18.5 Å². The molecule has 1 fully saturated rings. The van der Waals surface area contributed by atoms with E-state index >= 15 is 0 Å². The van der Waals surface area contributed by atoms with Crippen LogP contribution in [0.1, 0.15) is 10.6 Å². The predicted molar refractivity (Wildman–Crippen MR) is 53.4 cm³/mol. The van der Waals surface area contributed by atoms with E-state index in [1.165, 1.54) is 0 Å². The lowest BCUT2D eigenvalue weighted by Crippen LogP contribution is -2.57. The van der Waals surface area contributed by atoms with Crippen LogP contribution < -0.4 is 10.6 Å². The summed E-state index contributed by atoms with van der Waals surface area (Å²) in [5.74, 6) is 0.0292. The predicted octanol–water partition coefficient (Wildman–Crippen LogP) is -0.400. The van der Waals surface area contributed by atoms with Crippen molar-refractivity contribution < 1.29 is 4.79 Å². The summed E-state index contributed by atoms with van der Waals surface area (Å²) in [6.45, 7) is 1.66. The number of rotatable bonds is 2. The highest BCUT2D eigenvalue weighted by Crippen LogP contribution is 1.93. The monoisotopic (exact) mass is 214 g/mol. The van der Waals surface area contributed by atoms with Gasteiger partial charge in [-0.25, -0.2) is 9.97 Å². The molecule has 0 atom stereocenters. The number of aromatic nitrogens is 2. The Balaban J connectivity index is 0.000000980. The van der Waals surface area contributed by atoms with Gasteiger partial charge in [-0.3, -0.25) is 4.79 Å². The lowest BCUT2D eigenvalue weighted by Gasteiger charge is -2.27. The first-order valence-electron chi connectivity index (χ1n) is 4.15. The summed E-state index contributed by atoms with van der Waals surface area (Å²) in [6, 6.07) is 1.91. The summed E-state index contributed by atoms with van der Waals surface area (Å²) >= 11 is 0. The van der Waals surface area contributed by atoms with Gasteiger partial charge in [-0.15, -0.1) is 12.4 Å². The van der Waals surface area contributed by atoms with Crippen LogP contribution in [0.25, 0.3) is 0 Å². The summed E-state index contributed by atoms with van der Waals surface area (Å²) in [7, 11) is 0. The summed E-state index contributed by atoms with van der Waals surface area (Å²) in [5, 5.41) is 5.87. The quantitative estimate of drug-likeness (QED) is 0.703. The number of hydrogen-bond acceptors (Lipinski definition) is 4. The van der Waals surface area contributed by atoms with E-state index in [9.17, 15) is 4.79 Å². The molecule has 1 saturated heterocycles. The second kappa shape index (κ2) is 4.88. The average molecular weight is 215 g/mol. The van der Waals surface area contributed by atoms with E-state index < -0.39 is 0 Å². The first kappa shape index (κ1) is 10.9. The number of carbonyl (C=O) groups excluding carboxylic acids is 1. The van der Waals surface area contributed by atoms with E-state index in [0.717, 1.165) is 13.1 Å². The van der Waals surface area contributed by atoms with Crippen LogP contribution in [-0.2, 0) is 0 Å². The average Bonchev–Trinajstić information content (AvgIpc) is 2.12. The van der Waals surface area contributed by atoms with Crippen LogP contribution in [0.4, 0.5) is 0 Å². The van der Waals surface area contributed by atoms with Crippen molar-refractivity contribution in [2.75, 3.05) is 13.1 Å². The van der Waals surface area contributed by atoms with Crippen LogP contribution in [0.2, 0.25) is 0 Å². The normalized spacial score (nSPS) is 15.1. The van der Waals surface area contributed by atoms with E-state index in [1.54, 1.807) is 18.5 Å². The van der Waals surface area contributed by atoms with Gasteiger partial charge in [0, 0.05) is 25.5 Å². The van der Waals surface area contributed by atoms with Crippen LogP contribution >= 0.6 is 12.4 Å². The van der Waals surface area contributed by atoms with Gasteiger partial charge < -0.3 is 10.6 Å². The molecule has 2 rings (SSSR count). The highest BCUT2D eigenvalue weighted by Gasteiger charge is 2.20. The van der Waals surface area contributed by atoms with Crippen LogP contribution in [0, 0.1) is 0 Å². The number of halogens is 1. The molecule has 1 aliphatic heterocycles. The van der Waals surface area contributed by atoms with Crippen molar-refractivity contribution in [1.82, 2.24) is 20.6 Å². The Morgan fingerprint density at radius 3 is 2.57 bits per heavy atom. The third kappa shape index (κ3) is 2.40. The minimum absolute atomic E-state index is 0. The fraction of sp³-hybridized carbons (Fsp3) is 0.375. The van der Waals surface area contributed by atoms with Gasteiger partial charge in [-0.1, -0.05) is 0 Å². The number of amides is 1. The minimum Gasteiger partial charge on any atom is -0.344 e. The van der Waals surface area contributed by atoms with Crippen molar-refractivity contribution in [1.29, 1.82) is 0 Å². The number of carbonyl (C=O) groups is 1. The summed E-state index contributed by atoms with van der Waals surface area (Å²) < 4.78 is 0. The molecule has 5 nitrogen and oxygen atoms in total. The molecule has 6 heteroatoms. The Bertz CT molecular complexity index is 301. The highest BCUT2D eigenvalue weighted by molar-refractivity contribution is 5.90. The largest absolute Gasteiger partial charge is 0.344 e. The topological polar surface area (TPSA) is 66.9 Å². The van der Waals surface area contributed by atoms with Crippen molar-refractivity contribution in [2.45, 2.75) is 6.04 Å². The number of nitrogens with zero attached hydrogens (tertiary/aromatic N) is 2. The van der Waals surface area contributed by atoms with Crippen molar-refractivity contribution in [3.63, 3.8) is 0 Å². The van der Waals surface area contributed by atoms with E-state index in [2.05, 4.69) is 20.6 Å². The van der Waals surface area contributed by atoms with Gasteiger partial charge in [0.1, 0.15) is 0 Å². The molecule has 1 aromatic rings. The molecule has 0 bridgehead atoms. The molecule has 14 heavy (non-hydrogen) atoms. The fourth-order valence-corrected chi connectivity index (χ4v) is 1.06. The Kier molecular flexibility index (Phi) is 3.79. The molecule has 0 aliphatic carbocycles. The fourth-order valence-electron chi connectivity index (χ4n) is 1.06. The van der Waals surface area contributed by atoms with E-state index in [4.69, 9.17) is 0 Å². The molecule has 0 unspecified atom stereocenters. The van der Waals surface area contributed by atoms with E-state index in [0.29, 0.717) is 0 Å². The molecule has 0 saturated carbocycles. The van der Waals surface area contributed by atoms with Gasteiger partial charge in [0.2, 0.25) is 5.82 Å². The van der Waals surface area contributed by atoms with Crippen LogP contribution in [-0.4, -0.2) is 35.0 Å². The Hall–Kier alpha value is -1.20. The molecule has 0 spiro atoms. The zero-order valence-electron chi connectivity index (χ0n) is 7.43. The Labute approximate surface area is 87.7 Å². The third-order valence-electron chi connectivity index (χ3n) is 1.89. The first-order chi connectivity index (χ1) is 6.36. The maximum atomic E-state index is 11.4. The van der Waals surface area contributed by atoms with E-state index in [-0.39, 0.29) is 30.2 Å². The second-order valence-corrected chi connectivity index (χ2v) is 2.90. The van der Waals surface area contributed by atoms with Crippen molar-refractivity contribution >= 4 is 18.3 Å². The SMILES string of the molecule is Cl.O=C(NC1CNC1)c1ncccn1. The zero-order chi connectivity index (χ0) is 9.10. The zero-order valence-corrected chi connectivity index (χ0v) is 8.25. The van der Waals surface area contributed by atoms with Gasteiger partial charge in [-0.05, 0) is 6.07 Å². The van der Waals surface area contributed by atoms with Crippen LogP contribution in [0.5, 0.6) is 0 Å². The molecule has 76 valence electrons. The maximum Gasteiger partial charge on any atom is 0.289 e. The Morgan fingerprint density at radius 1 is 1.43 bits per heavy atom. The summed E-state index contributed by atoms with van der Waals surface area (Å²) in [5.41, 5.74) is 0. The van der Waals surface area contributed by atoms with Crippen molar-refractivity contribution in [3.05, 3.63) is 24.3 Å². The maximum absolute atomic E-state index is 11.4. The third-order valence-corrected chi connectivity index (χ3v) is 1.89. The summed E-state index contributed by atoms with van der Waals surface area (Å²) in [4.78, 5) is 19.1. The first-order valence-corrected chi connectivity index (χ1v) is 4.15. The summed E-state index contributed by atoms with van der Waals surface area (Å²) in [6.07, 6.45) is 3.11. The number of nitrogens with one attached hydrogen (secondary N) is 2. The highest BCUT2D eigenvalue weighted by atomic mass is 35.5. The van der Waals surface area contributed by atoms with Gasteiger partial charge in [0.15, 0.2) is 0 Å². The standard InChI is InChI=1S/C8H10N4O.ClH/c13-8(12-6-4-9-5-6)7-10-2-1-3-11-7;/h1-3,6,9H,4-5H2,(H,12,13);1H. The molecule has 1 aromatic heterocycles. The van der Waals surface area contributed by atoms with Gasteiger partial charge in [0.05, 0.1) is 6.04 Å². The second-order valence-electron chi connectivity index (χ2n) is 2.90. The molecule has 0 aromatic carbocycles. The molecular weight excluding hydrogens is 204 g/mol. The van der Waals surface area contributed by atoms with Gasteiger partial charge in [0.25, 0.3) is 5.91 Å². The molecule has 0 radical (unpaired) electrons. The lowest BCUT2D eigenvalue weighted by atomic mass is 10.2. The smallest absolute Gasteiger partial charge is 0.289 e. The molecule has 1 amide bonds. The molecule has 2 N–H and O–H groups in total. The molecule has 2 heterocycles.